The number of rotatable bonds is 6. The van der Waals surface area contributed by atoms with E-state index < -0.39 is 6.04 Å². The minimum absolute atomic E-state index is 0. The van der Waals surface area contributed by atoms with Gasteiger partial charge in [0.1, 0.15) is 11.9 Å². The molecule has 0 radical (unpaired) electrons. The third-order valence-electron chi connectivity index (χ3n) is 4.52. The molecule has 28 heavy (non-hydrogen) atoms. The first-order chi connectivity index (χ1) is 12.6. The number of carbonyl (C=O) groups is 1. The van der Waals surface area contributed by atoms with Crippen LogP contribution >= 0.6 is 24.8 Å². The van der Waals surface area contributed by atoms with Gasteiger partial charge in [0, 0.05) is 25.3 Å². The number of halogens is 3. The average Bonchev–Trinajstić information content (AvgIpc) is 2.65. The van der Waals surface area contributed by atoms with Gasteiger partial charge in [-0.2, -0.15) is 0 Å². The van der Waals surface area contributed by atoms with E-state index >= 15 is 0 Å². The largest absolute Gasteiger partial charge is 0.399 e. The van der Waals surface area contributed by atoms with E-state index in [4.69, 9.17) is 10.5 Å². The van der Waals surface area contributed by atoms with Crippen LogP contribution < -0.4 is 11.1 Å². The third kappa shape index (κ3) is 6.63. The van der Waals surface area contributed by atoms with E-state index in [2.05, 4.69) is 5.32 Å². The number of amides is 1. The average molecular weight is 430 g/mol. The van der Waals surface area contributed by atoms with Gasteiger partial charge in [0.2, 0.25) is 5.91 Å². The number of hydrogen-bond acceptors (Lipinski definition) is 4. The summed E-state index contributed by atoms with van der Waals surface area (Å²) in [5.74, 6) is -0.455. The molecule has 5 nitrogen and oxygen atoms in total. The molecule has 0 aromatic heterocycles. The summed E-state index contributed by atoms with van der Waals surface area (Å²) >= 11 is 0. The summed E-state index contributed by atoms with van der Waals surface area (Å²) in [6.07, 6.45) is 0.713. The van der Waals surface area contributed by atoms with Crippen molar-refractivity contribution < 1.29 is 13.9 Å². The van der Waals surface area contributed by atoms with Crippen LogP contribution in [0.3, 0.4) is 0 Å². The second kappa shape index (κ2) is 11.9. The van der Waals surface area contributed by atoms with E-state index in [0.29, 0.717) is 44.8 Å². The summed E-state index contributed by atoms with van der Waals surface area (Å²) < 4.78 is 19.1. The highest BCUT2D eigenvalue weighted by Crippen LogP contribution is 2.23. The second-order valence-electron chi connectivity index (χ2n) is 6.39. The number of carbonyl (C=O) groups excluding carboxylic acids is 1. The molecule has 1 saturated heterocycles. The van der Waals surface area contributed by atoms with Gasteiger partial charge in [-0.05, 0) is 41.8 Å². The fraction of sp³-hybridized carbons (Fsp3) is 0.350. The number of morpholine rings is 1. The van der Waals surface area contributed by atoms with Crippen molar-refractivity contribution in [3.63, 3.8) is 0 Å². The molecule has 0 saturated carbocycles. The summed E-state index contributed by atoms with van der Waals surface area (Å²) in [5, 5.41) is 2.99. The van der Waals surface area contributed by atoms with E-state index in [9.17, 15) is 9.18 Å². The van der Waals surface area contributed by atoms with Crippen molar-refractivity contribution in [2.75, 3.05) is 38.6 Å². The summed E-state index contributed by atoms with van der Waals surface area (Å²) in [5.41, 5.74) is 8.17. The molecule has 154 valence electrons. The lowest BCUT2D eigenvalue weighted by Crippen LogP contribution is -2.46. The standard InChI is InChI=1S/C20H24FN3O2.2ClH/c21-17-3-1-2-16(14-17)19(24-10-12-26-13-11-24)20(25)23-9-8-15-4-6-18(22)7-5-15;;/h1-7,14,19H,8-13,22H2,(H,23,25);2*1H. The molecule has 1 unspecified atom stereocenters. The third-order valence-corrected chi connectivity index (χ3v) is 4.52. The maximum absolute atomic E-state index is 13.7. The Kier molecular flexibility index (Phi) is 10.2. The van der Waals surface area contributed by atoms with E-state index in [1.165, 1.54) is 12.1 Å². The molecule has 1 amide bonds. The first kappa shape index (κ1) is 24.2. The number of benzene rings is 2. The zero-order valence-electron chi connectivity index (χ0n) is 15.5. The van der Waals surface area contributed by atoms with Crippen LogP contribution in [0.2, 0.25) is 0 Å². The van der Waals surface area contributed by atoms with E-state index in [1.807, 2.05) is 29.2 Å². The first-order valence-corrected chi connectivity index (χ1v) is 8.83. The number of nitrogens with zero attached hydrogens (tertiary/aromatic N) is 1. The van der Waals surface area contributed by atoms with Crippen molar-refractivity contribution in [3.05, 3.63) is 65.5 Å². The zero-order valence-corrected chi connectivity index (χ0v) is 17.1. The van der Waals surface area contributed by atoms with E-state index in [0.717, 1.165) is 11.3 Å². The van der Waals surface area contributed by atoms with Crippen LogP contribution in [0.5, 0.6) is 0 Å². The van der Waals surface area contributed by atoms with Gasteiger partial charge < -0.3 is 15.8 Å². The van der Waals surface area contributed by atoms with Gasteiger partial charge >= 0.3 is 0 Å². The predicted octanol–water partition coefficient (Wildman–Crippen LogP) is 2.98. The molecule has 8 heteroatoms. The number of nitrogens with one attached hydrogen (secondary N) is 1. The fourth-order valence-corrected chi connectivity index (χ4v) is 3.15. The number of anilines is 1. The van der Waals surface area contributed by atoms with Gasteiger partial charge in [-0.15, -0.1) is 24.8 Å². The number of nitrogens with two attached hydrogens (primary N) is 1. The topological polar surface area (TPSA) is 67.6 Å². The molecular weight excluding hydrogens is 404 g/mol. The fourth-order valence-electron chi connectivity index (χ4n) is 3.15. The Labute approximate surface area is 177 Å². The first-order valence-electron chi connectivity index (χ1n) is 8.83. The van der Waals surface area contributed by atoms with Crippen LogP contribution in [0.4, 0.5) is 10.1 Å². The molecule has 1 fully saturated rings. The van der Waals surface area contributed by atoms with Crippen LogP contribution in [-0.2, 0) is 16.0 Å². The Morgan fingerprint density at radius 2 is 1.82 bits per heavy atom. The van der Waals surface area contributed by atoms with Gasteiger partial charge in [-0.3, -0.25) is 9.69 Å². The Bertz CT molecular complexity index is 740. The highest BCUT2D eigenvalue weighted by molar-refractivity contribution is 5.85. The molecular formula is C20H26Cl2FN3O2. The van der Waals surface area contributed by atoms with Gasteiger partial charge in [0.25, 0.3) is 0 Å². The van der Waals surface area contributed by atoms with Crippen molar-refractivity contribution >= 4 is 36.4 Å². The SMILES string of the molecule is Cl.Cl.Nc1ccc(CCNC(=O)C(c2cccc(F)c2)N2CCOCC2)cc1. The minimum atomic E-state index is -0.513. The molecule has 1 aliphatic rings. The van der Waals surface area contributed by atoms with Crippen LogP contribution in [0, 0.1) is 5.82 Å². The molecule has 1 aliphatic heterocycles. The number of nitrogen functional groups attached to an aromatic ring is 1. The monoisotopic (exact) mass is 429 g/mol. The zero-order chi connectivity index (χ0) is 18.4. The normalized spacial score (nSPS) is 15.0. The van der Waals surface area contributed by atoms with Crippen molar-refractivity contribution in [2.24, 2.45) is 0 Å². The molecule has 2 aromatic rings. The van der Waals surface area contributed by atoms with Crippen LogP contribution in [0.15, 0.2) is 48.5 Å². The second-order valence-corrected chi connectivity index (χ2v) is 6.39. The molecule has 0 aliphatic carbocycles. The number of hydrogen-bond donors (Lipinski definition) is 2. The van der Waals surface area contributed by atoms with Crippen molar-refractivity contribution in [1.29, 1.82) is 0 Å². The van der Waals surface area contributed by atoms with Crippen molar-refractivity contribution in [3.8, 4) is 0 Å². The lowest BCUT2D eigenvalue weighted by Gasteiger charge is -2.33. The Hall–Kier alpha value is -1.86. The van der Waals surface area contributed by atoms with Gasteiger partial charge in [0.15, 0.2) is 0 Å². The molecule has 0 bridgehead atoms. The van der Waals surface area contributed by atoms with E-state index in [1.54, 1.807) is 12.1 Å². The Morgan fingerprint density at radius 3 is 2.46 bits per heavy atom. The molecule has 1 atom stereocenters. The molecule has 3 rings (SSSR count). The maximum atomic E-state index is 13.7. The lowest BCUT2D eigenvalue weighted by atomic mass is 10.0. The van der Waals surface area contributed by atoms with Crippen LogP contribution in [0.25, 0.3) is 0 Å². The van der Waals surface area contributed by atoms with Crippen molar-refractivity contribution in [2.45, 2.75) is 12.5 Å². The quantitative estimate of drug-likeness (QED) is 0.692. The van der Waals surface area contributed by atoms with Crippen LogP contribution in [0.1, 0.15) is 17.2 Å². The number of ether oxygens (including phenoxy) is 1. The summed E-state index contributed by atoms with van der Waals surface area (Å²) in [6, 6.07) is 13.3. The molecule has 3 N–H and O–H groups in total. The van der Waals surface area contributed by atoms with Gasteiger partial charge in [0.05, 0.1) is 13.2 Å². The maximum Gasteiger partial charge on any atom is 0.241 e. The smallest absolute Gasteiger partial charge is 0.241 e. The summed E-state index contributed by atoms with van der Waals surface area (Å²) in [6.45, 7) is 2.95. The summed E-state index contributed by atoms with van der Waals surface area (Å²) in [7, 11) is 0. The lowest BCUT2D eigenvalue weighted by molar-refractivity contribution is -0.128. The van der Waals surface area contributed by atoms with Crippen LogP contribution in [-0.4, -0.2) is 43.7 Å². The summed E-state index contributed by atoms with van der Waals surface area (Å²) in [4.78, 5) is 14.9. The van der Waals surface area contributed by atoms with Crippen molar-refractivity contribution in [1.82, 2.24) is 10.2 Å². The van der Waals surface area contributed by atoms with E-state index in [-0.39, 0.29) is 36.5 Å². The molecule has 0 spiro atoms. The Morgan fingerprint density at radius 1 is 1.14 bits per heavy atom. The molecule has 1 heterocycles. The Balaban J connectivity index is 0.00000196. The minimum Gasteiger partial charge on any atom is -0.399 e. The molecule has 2 aromatic carbocycles. The van der Waals surface area contributed by atoms with Gasteiger partial charge in [-0.25, -0.2) is 4.39 Å². The predicted molar refractivity (Wildman–Crippen MR) is 114 cm³/mol. The highest BCUT2D eigenvalue weighted by Gasteiger charge is 2.29. The van der Waals surface area contributed by atoms with Gasteiger partial charge in [-0.1, -0.05) is 24.3 Å². The highest BCUT2D eigenvalue weighted by atomic mass is 35.5.